The summed E-state index contributed by atoms with van der Waals surface area (Å²) in [7, 11) is 3.30. The third kappa shape index (κ3) is 3.01. The van der Waals surface area contributed by atoms with E-state index in [1.807, 2.05) is 11.8 Å². The molecule has 1 fully saturated rings. The second-order valence-corrected chi connectivity index (χ2v) is 5.50. The van der Waals surface area contributed by atoms with Crippen molar-refractivity contribution in [3.63, 3.8) is 0 Å². The van der Waals surface area contributed by atoms with Crippen LogP contribution in [0, 0.1) is 6.92 Å². The summed E-state index contributed by atoms with van der Waals surface area (Å²) < 4.78 is 45.2. The molecule has 0 bridgehead atoms. The minimum atomic E-state index is -4.57. The van der Waals surface area contributed by atoms with E-state index in [1.54, 1.807) is 18.8 Å². The van der Waals surface area contributed by atoms with Crippen LogP contribution in [-0.2, 0) is 13.6 Å². The summed E-state index contributed by atoms with van der Waals surface area (Å²) in [4.78, 5) is 1.88. The van der Waals surface area contributed by atoms with E-state index in [9.17, 15) is 18.3 Å². The van der Waals surface area contributed by atoms with Gasteiger partial charge in [0.25, 0.3) is 0 Å². The van der Waals surface area contributed by atoms with Gasteiger partial charge in [0.2, 0.25) is 5.88 Å². The molecule has 1 aliphatic heterocycles. The van der Waals surface area contributed by atoms with Crippen LogP contribution in [0.5, 0.6) is 5.88 Å². The molecule has 2 heterocycles. The molecule has 2 rings (SSSR count). The van der Waals surface area contributed by atoms with Crippen molar-refractivity contribution in [2.75, 3.05) is 20.2 Å². The molecule has 0 aliphatic carbocycles. The van der Waals surface area contributed by atoms with Crippen molar-refractivity contribution in [3.05, 3.63) is 11.3 Å². The average molecular weight is 307 g/mol. The molecule has 1 N–H and O–H groups in total. The first kappa shape index (κ1) is 16.1. The van der Waals surface area contributed by atoms with Crippen LogP contribution < -0.4 is 4.74 Å². The number of nitrogens with zero attached hydrogens (tertiary/aromatic N) is 3. The molecule has 0 amide bonds. The largest absolute Gasteiger partial charge is 0.481 e. The Morgan fingerprint density at radius 1 is 1.33 bits per heavy atom. The van der Waals surface area contributed by atoms with E-state index in [4.69, 9.17) is 4.74 Å². The molecule has 5 nitrogen and oxygen atoms in total. The molecule has 120 valence electrons. The van der Waals surface area contributed by atoms with Crippen molar-refractivity contribution in [2.24, 2.45) is 7.05 Å². The lowest BCUT2D eigenvalue weighted by molar-refractivity contribution is -0.272. The normalized spacial score (nSPS) is 19.8. The zero-order chi connectivity index (χ0) is 15.8. The number of hydrogen-bond acceptors (Lipinski definition) is 4. The van der Waals surface area contributed by atoms with E-state index in [0.717, 1.165) is 11.3 Å². The van der Waals surface area contributed by atoms with E-state index in [1.165, 1.54) is 0 Å². The van der Waals surface area contributed by atoms with Crippen LogP contribution in [0.25, 0.3) is 0 Å². The summed E-state index contributed by atoms with van der Waals surface area (Å²) in [6.07, 6.45) is -5.18. The van der Waals surface area contributed by atoms with Gasteiger partial charge in [-0.25, -0.2) is 4.68 Å². The summed E-state index contributed by atoms with van der Waals surface area (Å²) in [5.41, 5.74) is -0.888. The fourth-order valence-electron chi connectivity index (χ4n) is 2.71. The topological polar surface area (TPSA) is 50.5 Å². The van der Waals surface area contributed by atoms with Gasteiger partial charge in [0, 0.05) is 26.7 Å². The number of hydrogen-bond donors (Lipinski definition) is 1. The Labute approximate surface area is 121 Å². The second kappa shape index (κ2) is 5.49. The Morgan fingerprint density at radius 2 is 1.90 bits per heavy atom. The lowest BCUT2D eigenvalue weighted by Crippen LogP contribution is -2.53. The Morgan fingerprint density at radius 3 is 2.38 bits per heavy atom. The molecule has 21 heavy (non-hydrogen) atoms. The highest BCUT2D eigenvalue weighted by atomic mass is 19.4. The van der Waals surface area contributed by atoms with Crippen molar-refractivity contribution in [2.45, 2.75) is 38.1 Å². The van der Waals surface area contributed by atoms with E-state index in [-0.39, 0.29) is 25.9 Å². The molecule has 1 saturated heterocycles. The van der Waals surface area contributed by atoms with E-state index in [2.05, 4.69) is 5.10 Å². The van der Waals surface area contributed by atoms with Crippen molar-refractivity contribution in [3.8, 4) is 5.88 Å². The monoisotopic (exact) mass is 307 g/mol. The van der Waals surface area contributed by atoms with Gasteiger partial charge in [-0.1, -0.05) is 0 Å². The number of aliphatic hydroxyl groups is 1. The molecule has 0 spiro atoms. The van der Waals surface area contributed by atoms with E-state index in [0.29, 0.717) is 12.4 Å². The molecule has 1 aromatic heterocycles. The number of alkyl halides is 3. The molecule has 0 atom stereocenters. The predicted octanol–water partition coefficient (Wildman–Crippen LogP) is 1.63. The minimum Gasteiger partial charge on any atom is -0.481 e. The van der Waals surface area contributed by atoms with Crippen LogP contribution in [-0.4, -0.2) is 51.8 Å². The fraction of sp³-hybridized carbons (Fsp3) is 0.769. The quantitative estimate of drug-likeness (QED) is 0.922. The Bertz CT molecular complexity index is 505. The van der Waals surface area contributed by atoms with Crippen molar-refractivity contribution in [1.82, 2.24) is 14.7 Å². The van der Waals surface area contributed by atoms with Gasteiger partial charge in [0.05, 0.1) is 18.4 Å². The van der Waals surface area contributed by atoms with Crippen LogP contribution in [0.2, 0.25) is 0 Å². The van der Waals surface area contributed by atoms with Crippen LogP contribution in [0.15, 0.2) is 0 Å². The SMILES string of the molecule is COc1c(CN2CCC(O)(C(F)(F)F)CC2)c(C)nn1C. The highest BCUT2D eigenvalue weighted by molar-refractivity contribution is 5.30. The maximum Gasteiger partial charge on any atom is 0.417 e. The van der Waals surface area contributed by atoms with Crippen molar-refractivity contribution < 1.29 is 23.0 Å². The number of likely N-dealkylation sites (tertiary alicyclic amines) is 1. The molecule has 1 aliphatic rings. The zero-order valence-corrected chi connectivity index (χ0v) is 12.4. The van der Waals surface area contributed by atoms with Crippen LogP contribution in [0.4, 0.5) is 13.2 Å². The first-order chi connectivity index (χ1) is 9.68. The summed E-state index contributed by atoms with van der Waals surface area (Å²) in [6.45, 7) is 2.69. The number of aryl methyl sites for hydroxylation is 2. The first-order valence-electron chi connectivity index (χ1n) is 6.76. The van der Waals surface area contributed by atoms with Crippen LogP contribution >= 0.6 is 0 Å². The predicted molar refractivity (Wildman–Crippen MR) is 70.0 cm³/mol. The maximum atomic E-state index is 12.8. The molecule has 0 unspecified atom stereocenters. The van der Waals surface area contributed by atoms with Gasteiger partial charge in [-0.15, -0.1) is 0 Å². The lowest BCUT2D eigenvalue weighted by atomic mass is 9.90. The second-order valence-electron chi connectivity index (χ2n) is 5.50. The summed E-state index contributed by atoms with van der Waals surface area (Å²) >= 11 is 0. The molecule has 0 aromatic carbocycles. The van der Waals surface area contributed by atoms with E-state index < -0.39 is 11.8 Å². The number of rotatable bonds is 3. The molecule has 8 heteroatoms. The van der Waals surface area contributed by atoms with Gasteiger partial charge in [-0.3, -0.25) is 4.90 Å². The average Bonchev–Trinajstić information content (AvgIpc) is 2.65. The molecule has 0 radical (unpaired) electrons. The van der Waals surface area contributed by atoms with Gasteiger partial charge in [-0.05, 0) is 19.8 Å². The highest BCUT2D eigenvalue weighted by Gasteiger charge is 2.54. The maximum absolute atomic E-state index is 12.8. The third-order valence-corrected chi connectivity index (χ3v) is 4.07. The standard InChI is InChI=1S/C13H20F3N3O2/c1-9-10(11(21-3)18(2)17-9)8-19-6-4-12(20,5-7-19)13(14,15)16/h20H,4-8H2,1-3H3. The van der Waals surface area contributed by atoms with Crippen molar-refractivity contribution in [1.29, 1.82) is 0 Å². The third-order valence-electron chi connectivity index (χ3n) is 4.07. The summed E-state index contributed by atoms with van der Waals surface area (Å²) in [6, 6.07) is 0. The lowest BCUT2D eigenvalue weighted by Gasteiger charge is -2.39. The summed E-state index contributed by atoms with van der Waals surface area (Å²) in [5, 5.41) is 13.9. The summed E-state index contributed by atoms with van der Waals surface area (Å²) in [5.74, 6) is 0.615. The van der Waals surface area contributed by atoms with Gasteiger partial charge in [0.1, 0.15) is 0 Å². The Hall–Kier alpha value is -1.28. The first-order valence-corrected chi connectivity index (χ1v) is 6.76. The molecular weight excluding hydrogens is 287 g/mol. The number of ether oxygens (including phenoxy) is 1. The number of piperidine rings is 1. The van der Waals surface area contributed by atoms with E-state index >= 15 is 0 Å². The van der Waals surface area contributed by atoms with Gasteiger partial charge < -0.3 is 9.84 Å². The van der Waals surface area contributed by atoms with Gasteiger partial charge >= 0.3 is 6.18 Å². The smallest absolute Gasteiger partial charge is 0.417 e. The molecule has 1 aromatic rings. The fourth-order valence-corrected chi connectivity index (χ4v) is 2.71. The van der Waals surface area contributed by atoms with Gasteiger partial charge in [0.15, 0.2) is 5.60 Å². The Balaban J connectivity index is 2.05. The van der Waals surface area contributed by atoms with Gasteiger partial charge in [-0.2, -0.15) is 18.3 Å². The highest BCUT2D eigenvalue weighted by Crippen LogP contribution is 2.38. The Kier molecular flexibility index (Phi) is 4.21. The minimum absolute atomic E-state index is 0.188. The molecule has 0 saturated carbocycles. The zero-order valence-electron chi connectivity index (χ0n) is 12.4. The van der Waals surface area contributed by atoms with Crippen molar-refractivity contribution >= 4 is 0 Å². The number of aromatic nitrogens is 2. The number of methoxy groups -OCH3 is 1. The van der Waals surface area contributed by atoms with Crippen LogP contribution in [0.3, 0.4) is 0 Å². The molecular formula is C13H20F3N3O2. The number of halogens is 3. The van der Waals surface area contributed by atoms with Crippen LogP contribution in [0.1, 0.15) is 24.1 Å².